The van der Waals surface area contributed by atoms with Gasteiger partial charge in [-0.25, -0.2) is 0 Å². The molecule has 0 bridgehead atoms. The van der Waals surface area contributed by atoms with Crippen LogP contribution >= 0.6 is 0 Å². The molecule has 0 amide bonds. The van der Waals surface area contributed by atoms with Crippen molar-refractivity contribution >= 4 is 10.1 Å². The Balaban J connectivity index is 1.74. The summed E-state index contributed by atoms with van der Waals surface area (Å²) in [7, 11) is -3.75. The molecule has 0 radical (unpaired) electrons. The molecular formula is C17H35NO3S. The van der Waals surface area contributed by atoms with E-state index in [1.54, 1.807) is 0 Å². The van der Waals surface area contributed by atoms with E-state index in [1.165, 1.54) is 83.8 Å². The van der Waals surface area contributed by atoms with Gasteiger partial charge in [0.2, 0.25) is 0 Å². The van der Waals surface area contributed by atoms with E-state index in [4.69, 9.17) is 4.55 Å². The molecule has 0 unspecified atom stereocenters. The first-order valence-corrected chi connectivity index (χ1v) is 10.9. The zero-order valence-electron chi connectivity index (χ0n) is 14.1. The van der Waals surface area contributed by atoms with E-state index in [0.717, 1.165) is 12.8 Å². The van der Waals surface area contributed by atoms with E-state index in [-0.39, 0.29) is 5.75 Å². The number of hydrogen-bond acceptors (Lipinski definition) is 3. The van der Waals surface area contributed by atoms with E-state index < -0.39 is 10.1 Å². The number of rotatable bonds is 13. The number of unbranched alkanes of at least 4 members (excludes halogenated alkanes) is 9. The SMILES string of the molecule is O=S(=O)(O)CCCCCCCCCCCCN1CCCCC1. The summed E-state index contributed by atoms with van der Waals surface area (Å²) in [6, 6.07) is 0. The number of nitrogens with zero attached hydrogens (tertiary/aromatic N) is 1. The van der Waals surface area contributed by atoms with Crippen molar-refractivity contribution in [3.63, 3.8) is 0 Å². The van der Waals surface area contributed by atoms with Crippen LogP contribution in [-0.4, -0.2) is 43.3 Å². The van der Waals surface area contributed by atoms with Gasteiger partial charge in [-0.1, -0.05) is 57.8 Å². The highest BCUT2D eigenvalue weighted by atomic mass is 32.2. The third-order valence-corrected chi connectivity index (χ3v) is 5.38. The van der Waals surface area contributed by atoms with Gasteiger partial charge < -0.3 is 4.90 Å². The van der Waals surface area contributed by atoms with Gasteiger partial charge in [0, 0.05) is 0 Å². The molecule has 0 aromatic rings. The van der Waals surface area contributed by atoms with Crippen molar-refractivity contribution in [1.82, 2.24) is 4.90 Å². The topological polar surface area (TPSA) is 57.6 Å². The van der Waals surface area contributed by atoms with Crippen molar-refractivity contribution in [2.45, 2.75) is 83.5 Å². The molecule has 5 heteroatoms. The van der Waals surface area contributed by atoms with Crippen LogP contribution in [0, 0.1) is 0 Å². The molecule has 1 N–H and O–H groups in total. The molecule has 4 nitrogen and oxygen atoms in total. The average Bonchev–Trinajstić information content (AvgIpc) is 2.48. The van der Waals surface area contributed by atoms with Gasteiger partial charge in [0.05, 0.1) is 5.75 Å². The predicted molar refractivity (Wildman–Crippen MR) is 92.9 cm³/mol. The highest BCUT2D eigenvalue weighted by molar-refractivity contribution is 7.85. The van der Waals surface area contributed by atoms with Gasteiger partial charge in [0.15, 0.2) is 0 Å². The van der Waals surface area contributed by atoms with Crippen LogP contribution in [0.15, 0.2) is 0 Å². The monoisotopic (exact) mass is 333 g/mol. The minimum Gasteiger partial charge on any atom is -0.303 e. The molecule has 0 saturated carbocycles. The Morgan fingerprint density at radius 1 is 0.682 bits per heavy atom. The molecule has 1 rings (SSSR count). The first-order valence-electron chi connectivity index (χ1n) is 9.25. The Morgan fingerprint density at radius 3 is 1.64 bits per heavy atom. The summed E-state index contributed by atoms with van der Waals surface area (Å²) in [5.41, 5.74) is 0. The lowest BCUT2D eigenvalue weighted by molar-refractivity contribution is 0.224. The third-order valence-electron chi connectivity index (χ3n) is 4.58. The van der Waals surface area contributed by atoms with Crippen LogP contribution in [0.1, 0.15) is 83.5 Å². The van der Waals surface area contributed by atoms with Gasteiger partial charge in [-0.05, 0) is 45.3 Å². The predicted octanol–water partition coefficient (Wildman–Crippen LogP) is 4.26. The number of piperidine rings is 1. The van der Waals surface area contributed by atoms with Gasteiger partial charge in [0.25, 0.3) is 10.1 Å². The van der Waals surface area contributed by atoms with Crippen molar-refractivity contribution in [3.8, 4) is 0 Å². The van der Waals surface area contributed by atoms with E-state index in [1.807, 2.05) is 0 Å². The Hall–Kier alpha value is -0.130. The molecule has 0 aliphatic carbocycles. The fourth-order valence-electron chi connectivity index (χ4n) is 3.22. The summed E-state index contributed by atoms with van der Waals surface area (Å²) < 4.78 is 29.7. The number of likely N-dealkylation sites (tertiary alicyclic amines) is 1. The van der Waals surface area contributed by atoms with E-state index >= 15 is 0 Å². The summed E-state index contributed by atoms with van der Waals surface area (Å²) >= 11 is 0. The number of hydrogen-bond donors (Lipinski definition) is 1. The van der Waals surface area contributed by atoms with Crippen LogP contribution in [0.2, 0.25) is 0 Å². The van der Waals surface area contributed by atoms with Crippen molar-refractivity contribution in [2.24, 2.45) is 0 Å². The second-order valence-electron chi connectivity index (χ2n) is 6.72. The van der Waals surface area contributed by atoms with Crippen LogP contribution in [0.4, 0.5) is 0 Å². The summed E-state index contributed by atoms with van der Waals surface area (Å²) in [6.07, 6.45) is 16.0. The molecule has 0 atom stereocenters. The zero-order chi connectivity index (χ0) is 16.1. The van der Waals surface area contributed by atoms with Crippen LogP contribution in [-0.2, 0) is 10.1 Å². The molecule has 0 aromatic carbocycles. The summed E-state index contributed by atoms with van der Waals surface area (Å²) in [4.78, 5) is 2.62. The van der Waals surface area contributed by atoms with Crippen molar-refractivity contribution in [3.05, 3.63) is 0 Å². The largest absolute Gasteiger partial charge is 0.303 e. The minimum absolute atomic E-state index is 0.0793. The fraction of sp³-hybridized carbons (Fsp3) is 1.00. The van der Waals surface area contributed by atoms with E-state index in [9.17, 15) is 8.42 Å². The highest BCUT2D eigenvalue weighted by Crippen LogP contribution is 2.13. The van der Waals surface area contributed by atoms with Crippen molar-refractivity contribution < 1.29 is 13.0 Å². The Kier molecular flexibility index (Phi) is 11.1. The smallest absolute Gasteiger partial charge is 0.264 e. The highest BCUT2D eigenvalue weighted by Gasteiger charge is 2.08. The zero-order valence-corrected chi connectivity index (χ0v) is 15.0. The second kappa shape index (κ2) is 12.3. The van der Waals surface area contributed by atoms with Gasteiger partial charge in [-0.3, -0.25) is 4.55 Å². The molecule has 0 spiro atoms. The molecule has 1 heterocycles. The Morgan fingerprint density at radius 2 is 1.14 bits per heavy atom. The van der Waals surface area contributed by atoms with Gasteiger partial charge >= 0.3 is 0 Å². The lowest BCUT2D eigenvalue weighted by Gasteiger charge is -2.26. The van der Waals surface area contributed by atoms with Gasteiger partial charge in [-0.2, -0.15) is 8.42 Å². The van der Waals surface area contributed by atoms with Crippen molar-refractivity contribution in [1.29, 1.82) is 0 Å². The average molecular weight is 334 g/mol. The molecule has 1 aliphatic rings. The minimum atomic E-state index is -3.75. The molecule has 22 heavy (non-hydrogen) atoms. The van der Waals surface area contributed by atoms with Crippen molar-refractivity contribution in [2.75, 3.05) is 25.4 Å². The maximum absolute atomic E-state index is 10.5. The molecule has 0 aromatic heterocycles. The first-order chi connectivity index (χ1) is 10.6. The molecule has 132 valence electrons. The van der Waals surface area contributed by atoms with Gasteiger partial charge in [0.1, 0.15) is 0 Å². The standard InChI is InChI=1S/C17H35NO3S/c19-22(20,21)17-13-8-6-4-2-1-3-5-7-10-14-18-15-11-9-12-16-18/h1-17H2,(H,19,20,21). The Labute approximate surface area is 137 Å². The van der Waals surface area contributed by atoms with Crippen LogP contribution in [0.3, 0.4) is 0 Å². The molecule has 1 fully saturated rings. The summed E-state index contributed by atoms with van der Waals surface area (Å²) in [5.74, 6) is -0.0793. The normalized spacial score (nSPS) is 17.0. The fourth-order valence-corrected chi connectivity index (χ4v) is 3.79. The van der Waals surface area contributed by atoms with Crippen LogP contribution in [0.5, 0.6) is 0 Å². The summed E-state index contributed by atoms with van der Waals surface area (Å²) in [6.45, 7) is 3.93. The maximum Gasteiger partial charge on any atom is 0.264 e. The molecular weight excluding hydrogens is 298 g/mol. The molecule has 1 saturated heterocycles. The van der Waals surface area contributed by atoms with Gasteiger partial charge in [-0.15, -0.1) is 0 Å². The molecule has 1 aliphatic heterocycles. The van der Waals surface area contributed by atoms with E-state index in [2.05, 4.69) is 4.90 Å². The van der Waals surface area contributed by atoms with E-state index in [0.29, 0.717) is 6.42 Å². The first kappa shape index (κ1) is 19.9. The third kappa shape index (κ3) is 12.4. The Bertz CT molecular complexity index is 351. The maximum atomic E-state index is 10.5. The summed E-state index contributed by atoms with van der Waals surface area (Å²) in [5, 5.41) is 0. The van der Waals surface area contributed by atoms with Crippen LogP contribution < -0.4 is 0 Å². The van der Waals surface area contributed by atoms with Crippen LogP contribution in [0.25, 0.3) is 0 Å². The quantitative estimate of drug-likeness (QED) is 0.404. The lowest BCUT2D eigenvalue weighted by Crippen LogP contribution is -2.30. The lowest BCUT2D eigenvalue weighted by atomic mass is 10.1. The second-order valence-corrected chi connectivity index (χ2v) is 8.30.